The molecule has 0 aliphatic carbocycles. The zero-order valence-electron chi connectivity index (χ0n) is 6.85. The molecule has 0 amide bonds. The Kier molecular flexibility index (Phi) is 2.56. The van der Waals surface area contributed by atoms with Crippen molar-refractivity contribution in [3.63, 3.8) is 0 Å². The Balaban J connectivity index is 2.52. The van der Waals surface area contributed by atoms with Gasteiger partial charge in [0, 0.05) is 18.5 Å². The number of hydrogen-bond acceptors (Lipinski definition) is 4. The van der Waals surface area contributed by atoms with Crippen LogP contribution in [-0.2, 0) is 0 Å². The lowest BCUT2D eigenvalue weighted by Crippen LogP contribution is -1.92. The Morgan fingerprint density at radius 1 is 1.00 bits per heavy atom. The maximum Gasteiger partial charge on any atom is 0.182 e. The van der Waals surface area contributed by atoms with Gasteiger partial charge in [-0.25, -0.2) is 15.0 Å². The van der Waals surface area contributed by atoms with E-state index >= 15 is 0 Å². The van der Waals surface area contributed by atoms with E-state index in [0.29, 0.717) is 11.5 Å². The zero-order valence-corrected chi connectivity index (χ0v) is 8.37. The van der Waals surface area contributed by atoms with Crippen LogP contribution in [0.3, 0.4) is 0 Å². The molecule has 0 radical (unpaired) electrons. The fourth-order valence-electron chi connectivity index (χ4n) is 0.919. The molecule has 4 nitrogen and oxygen atoms in total. The predicted octanol–water partition coefficient (Wildman–Crippen LogP) is 2.24. The van der Waals surface area contributed by atoms with Crippen molar-refractivity contribution in [2.45, 2.75) is 0 Å². The standard InChI is InChI=1S/C8H4Cl2N4/c9-6-3-7(10)14-8(13-6)5-4-11-1-2-12-5/h1-4H. The molecule has 2 rings (SSSR count). The summed E-state index contributed by atoms with van der Waals surface area (Å²) in [5.41, 5.74) is 0.539. The van der Waals surface area contributed by atoms with Crippen LogP contribution in [-0.4, -0.2) is 19.9 Å². The summed E-state index contributed by atoms with van der Waals surface area (Å²) in [6.45, 7) is 0. The van der Waals surface area contributed by atoms with Gasteiger partial charge in [0.15, 0.2) is 5.82 Å². The summed E-state index contributed by atoms with van der Waals surface area (Å²) >= 11 is 11.4. The van der Waals surface area contributed by atoms with Crippen LogP contribution in [0.15, 0.2) is 24.7 Å². The fraction of sp³-hybridized carbons (Fsp3) is 0. The Hall–Kier alpha value is -1.26. The summed E-state index contributed by atoms with van der Waals surface area (Å²) in [5.74, 6) is 0.371. The topological polar surface area (TPSA) is 51.6 Å². The molecule has 0 aliphatic heterocycles. The average molecular weight is 227 g/mol. The molecule has 0 saturated heterocycles. The molecule has 0 aromatic carbocycles. The van der Waals surface area contributed by atoms with E-state index in [1.807, 2.05) is 0 Å². The van der Waals surface area contributed by atoms with Crippen molar-refractivity contribution < 1.29 is 0 Å². The first-order chi connectivity index (χ1) is 6.75. The van der Waals surface area contributed by atoms with Gasteiger partial charge in [-0.05, 0) is 0 Å². The second-order valence-corrected chi connectivity index (χ2v) is 3.20. The summed E-state index contributed by atoms with van der Waals surface area (Å²) in [6, 6.07) is 1.46. The molecule has 0 unspecified atom stereocenters. The molecule has 0 spiro atoms. The van der Waals surface area contributed by atoms with Crippen molar-refractivity contribution in [3.05, 3.63) is 35.0 Å². The van der Waals surface area contributed by atoms with Gasteiger partial charge < -0.3 is 0 Å². The van der Waals surface area contributed by atoms with Gasteiger partial charge >= 0.3 is 0 Å². The molecule has 2 aromatic rings. The molecule has 0 bridgehead atoms. The first kappa shape index (κ1) is 9.30. The normalized spacial score (nSPS) is 10.1. The van der Waals surface area contributed by atoms with Gasteiger partial charge in [0.25, 0.3) is 0 Å². The molecular formula is C8H4Cl2N4. The third kappa shape index (κ3) is 1.97. The lowest BCUT2D eigenvalue weighted by Gasteiger charge is -1.98. The maximum atomic E-state index is 5.72. The minimum absolute atomic E-state index is 0.283. The van der Waals surface area contributed by atoms with Gasteiger partial charge in [-0.15, -0.1) is 0 Å². The van der Waals surface area contributed by atoms with Crippen molar-refractivity contribution >= 4 is 23.2 Å². The van der Waals surface area contributed by atoms with Gasteiger partial charge in [0.2, 0.25) is 0 Å². The summed E-state index contributed by atoms with van der Waals surface area (Å²) in [6.07, 6.45) is 4.66. The Morgan fingerprint density at radius 2 is 1.71 bits per heavy atom. The molecule has 0 N–H and O–H groups in total. The van der Waals surface area contributed by atoms with Crippen molar-refractivity contribution in [1.29, 1.82) is 0 Å². The Morgan fingerprint density at radius 3 is 2.29 bits per heavy atom. The summed E-state index contributed by atoms with van der Waals surface area (Å²) < 4.78 is 0. The van der Waals surface area contributed by atoms with Crippen LogP contribution in [0.4, 0.5) is 0 Å². The van der Waals surface area contributed by atoms with E-state index in [4.69, 9.17) is 23.2 Å². The number of hydrogen-bond donors (Lipinski definition) is 0. The zero-order chi connectivity index (χ0) is 9.97. The molecule has 14 heavy (non-hydrogen) atoms. The highest BCUT2D eigenvalue weighted by molar-refractivity contribution is 6.33. The molecule has 6 heteroatoms. The first-order valence-electron chi connectivity index (χ1n) is 3.72. The average Bonchev–Trinajstić information content (AvgIpc) is 2.18. The molecule has 0 fully saturated rings. The van der Waals surface area contributed by atoms with Crippen LogP contribution >= 0.6 is 23.2 Å². The fourth-order valence-corrected chi connectivity index (χ4v) is 1.34. The van der Waals surface area contributed by atoms with Gasteiger partial charge in [-0.2, -0.15) is 0 Å². The highest BCUT2D eigenvalue weighted by Gasteiger charge is 2.05. The van der Waals surface area contributed by atoms with E-state index in [9.17, 15) is 0 Å². The van der Waals surface area contributed by atoms with Gasteiger partial charge in [0.05, 0.1) is 6.20 Å². The molecule has 0 aliphatic rings. The van der Waals surface area contributed by atoms with Crippen LogP contribution in [0.5, 0.6) is 0 Å². The highest BCUT2D eigenvalue weighted by Crippen LogP contribution is 2.17. The molecule has 2 heterocycles. The molecule has 2 aromatic heterocycles. The lowest BCUT2D eigenvalue weighted by molar-refractivity contribution is 1.11. The molecule has 0 saturated carbocycles. The number of halogens is 2. The summed E-state index contributed by atoms with van der Waals surface area (Å²) in [4.78, 5) is 15.9. The van der Waals surface area contributed by atoms with Crippen LogP contribution in [0, 0.1) is 0 Å². The quantitative estimate of drug-likeness (QED) is 0.701. The first-order valence-corrected chi connectivity index (χ1v) is 4.48. The summed E-state index contributed by atoms with van der Waals surface area (Å²) in [5, 5.41) is 0.566. The monoisotopic (exact) mass is 226 g/mol. The molecular weight excluding hydrogens is 223 g/mol. The number of rotatable bonds is 1. The minimum atomic E-state index is 0.283. The van der Waals surface area contributed by atoms with Crippen molar-refractivity contribution in [1.82, 2.24) is 19.9 Å². The SMILES string of the molecule is Clc1cc(Cl)nc(-c2cnccn2)n1. The van der Waals surface area contributed by atoms with Crippen molar-refractivity contribution in [3.8, 4) is 11.5 Å². The van der Waals surface area contributed by atoms with E-state index in [1.54, 1.807) is 18.6 Å². The van der Waals surface area contributed by atoms with E-state index in [1.165, 1.54) is 6.07 Å². The van der Waals surface area contributed by atoms with Gasteiger partial charge in [-0.3, -0.25) is 4.98 Å². The number of aromatic nitrogens is 4. The maximum absolute atomic E-state index is 5.72. The molecule has 0 atom stereocenters. The van der Waals surface area contributed by atoms with E-state index in [-0.39, 0.29) is 10.3 Å². The minimum Gasteiger partial charge on any atom is -0.261 e. The number of nitrogens with zero attached hydrogens (tertiary/aromatic N) is 4. The van der Waals surface area contributed by atoms with Gasteiger partial charge in [0.1, 0.15) is 16.0 Å². The largest absolute Gasteiger partial charge is 0.261 e. The Bertz CT molecular complexity index is 426. The second kappa shape index (κ2) is 3.86. The summed E-state index contributed by atoms with van der Waals surface area (Å²) in [7, 11) is 0. The van der Waals surface area contributed by atoms with Gasteiger partial charge in [-0.1, -0.05) is 23.2 Å². The Labute approximate surface area is 90.0 Å². The van der Waals surface area contributed by atoms with Crippen LogP contribution < -0.4 is 0 Å². The van der Waals surface area contributed by atoms with Crippen LogP contribution in [0.25, 0.3) is 11.5 Å². The third-order valence-corrected chi connectivity index (χ3v) is 1.84. The van der Waals surface area contributed by atoms with Crippen molar-refractivity contribution in [2.24, 2.45) is 0 Å². The predicted molar refractivity (Wildman–Crippen MR) is 53.1 cm³/mol. The van der Waals surface area contributed by atoms with Crippen molar-refractivity contribution in [2.75, 3.05) is 0 Å². The van der Waals surface area contributed by atoms with Crippen LogP contribution in [0.2, 0.25) is 10.3 Å². The third-order valence-electron chi connectivity index (χ3n) is 1.46. The smallest absolute Gasteiger partial charge is 0.182 e. The van der Waals surface area contributed by atoms with E-state index < -0.39 is 0 Å². The van der Waals surface area contributed by atoms with E-state index in [0.717, 1.165) is 0 Å². The highest BCUT2D eigenvalue weighted by atomic mass is 35.5. The molecule has 70 valence electrons. The lowest BCUT2D eigenvalue weighted by atomic mass is 10.4. The second-order valence-electron chi connectivity index (χ2n) is 2.43. The van der Waals surface area contributed by atoms with Crippen LogP contribution in [0.1, 0.15) is 0 Å². The van der Waals surface area contributed by atoms with E-state index in [2.05, 4.69) is 19.9 Å².